The van der Waals surface area contributed by atoms with Gasteiger partial charge in [-0.2, -0.15) is 0 Å². The highest BCUT2D eigenvalue weighted by Crippen LogP contribution is 2.25. The Bertz CT molecular complexity index is 1110. The van der Waals surface area contributed by atoms with Gasteiger partial charge in [-0.25, -0.2) is 13.4 Å². The molecule has 1 aromatic heterocycles. The van der Waals surface area contributed by atoms with Gasteiger partial charge in [-0.3, -0.25) is 0 Å². The third-order valence-electron chi connectivity index (χ3n) is 5.75. The number of hydrogen-bond donors (Lipinski definition) is 3. The summed E-state index contributed by atoms with van der Waals surface area (Å²) in [6, 6.07) is 21.6. The average Bonchev–Trinajstić information content (AvgIpc) is 2.91. The molecule has 0 radical (unpaired) electrons. The monoisotopic (exact) mass is 516 g/mol. The molecule has 0 fully saturated rings. The van der Waals surface area contributed by atoms with Gasteiger partial charge in [-0.05, 0) is 41.7 Å². The molecule has 2 atom stereocenters. The van der Waals surface area contributed by atoms with E-state index < -0.39 is 9.84 Å². The Morgan fingerprint density at radius 1 is 1.08 bits per heavy atom. The molecule has 3 N–H and O–H groups in total. The first-order valence-electron chi connectivity index (χ1n) is 12.9. The molecule has 1 aliphatic heterocycles. The van der Waals surface area contributed by atoms with Crippen molar-refractivity contribution < 1.29 is 12.7 Å². The maximum Gasteiger partial charge on any atom is 0.175 e. The number of anilines is 2. The van der Waals surface area contributed by atoms with Crippen LogP contribution in [0.3, 0.4) is 0 Å². The summed E-state index contributed by atoms with van der Waals surface area (Å²) >= 11 is 0. The minimum atomic E-state index is -3.14. The summed E-state index contributed by atoms with van der Waals surface area (Å²) in [6.45, 7) is 10.8. The van der Waals surface area contributed by atoms with Gasteiger partial charge in [0, 0.05) is 36.4 Å². The van der Waals surface area contributed by atoms with Crippen molar-refractivity contribution in [3.8, 4) is 0 Å². The van der Waals surface area contributed by atoms with Gasteiger partial charge in [0.15, 0.2) is 9.84 Å². The zero-order valence-corrected chi connectivity index (χ0v) is 23.1. The number of fused-ring (bicyclic) bond motifs is 1. The maximum absolute atomic E-state index is 11.6. The smallest absolute Gasteiger partial charge is 0.175 e. The zero-order chi connectivity index (χ0) is 26.4. The van der Waals surface area contributed by atoms with Gasteiger partial charge >= 0.3 is 0 Å². The van der Waals surface area contributed by atoms with Gasteiger partial charge in [0.1, 0.15) is 5.82 Å². The third-order valence-corrected chi connectivity index (χ3v) is 6.88. The van der Waals surface area contributed by atoms with Crippen LogP contribution in [0.5, 0.6) is 0 Å². The molecule has 1 aliphatic rings. The van der Waals surface area contributed by atoms with Crippen LogP contribution in [0, 0.1) is 0 Å². The average molecular weight is 517 g/mol. The summed E-state index contributed by atoms with van der Waals surface area (Å²) in [5, 5.41) is 10.5. The highest BCUT2D eigenvalue weighted by atomic mass is 32.2. The Morgan fingerprint density at radius 3 is 2.25 bits per heavy atom. The second-order valence-corrected chi connectivity index (χ2v) is 10.8. The number of aryl methyl sites for hydroxylation is 1. The predicted molar refractivity (Wildman–Crippen MR) is 159 cm³/mol. The Hall–Kier alpha value is -2.90. The SMILES string of the molecule is CC.CCCc1cnc2c(c1)NC[C@H](CNC[C@@H](C)c1ccc(S(C)(=O)=O)cc1)N2.[HH].[HH].[HH].c1ccccc1. The Kier molecular flexibility index (Phi) is 12.4. The molecule has 36 heavy (non-hydrogen) atoms. The van der Waals surface area contributed by atoms with E-state index in [9.17, 15) is 8.42 Å². The lowest BCUT2D eigenvalue weighted by atomic mass is 10.0. The second-order valence-electron chi connectivity index (χ2n) is 8.77. The van der Waals surface area contributed by atoms with Gasteiger partial charge in [-0.15, -0.1) is 0 Å². The van der Waals surface area contributed by atoms with E-state index in [-0.39, 0.29) is 10.3 Å². The van der Waals surface area contributed by atoms with Crippen LogP contribution < -0.4 is 16.0 Å². The van der Waals surface area contributed by atoms with Crippen LogP contribution in [0.15, 0.2) is 77.8 Å². The molecule has 6 nitrogen and oxygen atoms in total. The number of rotatable bonds is 8. The van der Waals surface area contributed by atoms with Crippen molar-refractivity contribution in [2.75, 3.05) is 36.5 Å². The number of nitrogens with one attached hydrogen (secondary N) is 3. The van der Waals surface area contributed by atoms with Crippen LogP contribution in [0.1, 0.15) is 55.4 Å². The van der Waals surface area contributed by atoms with Crippen molar-refractivity contribution in [1.82, 2.24) is 10.3 Å². The summed E-state index contributed by atoms with van der Waals surface area (Å²) in [4.78, 5) is 4.92. The molecular formula is C29H48N4O2S. The van der Waals surface area contributed by atoms with E-state index >= 15 is 0 Å². The van der Waals surface area contributed by atoms with E-state index in [2.05, 4.69) is 40.8 Å². The predicted octanol–water partition coefficient (Wildman–Crippen LogP) is 6.49. The van der Waals surface area contributed by atoms with Gasteiger partial charge in [0.05, 0.1) is 16.6 Å². The number of pyridine rings is 1. The molecule has 0 spiro atoms. The Labute approximate surface area is 222 Å². The normalized spacial score (nSPS) is 15.0. The van der Waals surface area contributed by atoms with Crippen LogP contribution in [0.25, 0.3) is 0 Å². The van der Waals surface area contributed by atoms with E-state index in [4.69, 9.17) is 0 Å². The van der Waals surface area contributed by atoms with E-state index in [0.29, 0.717) is 10.8 Å². The van der Waals surface area contributed by atoms with Gasteiger partial charge in [0.2, 0.25) is 0 Å². The van der Waals surface area contributed by atoms with Crippen molar-refractivity contribution in [2.45, 2.75) is 57.4 Å². The fourth-order valence-corrected chi connectivity index (χ4v) is 4.43. The number of hydrogen-bond acceptors (Lipinski definition) is 6. The van der Waals surface area contributed by atoms with E-state index in [1.54, 1.807) is 12.1 Å². The van der Waals surface area contributed by atoms with Gasteiger partial charge < -0.3 is 16.0 Å². The summed E-state index contributed by atoms with van der Waals surface area (Å²) in [5.41, 5.74) is 3.48. The quantitative estimate of drug-likeness (QED) is 0.317. The summed E-state index contributed by atoms with van der Waals surface area (Å²) < 4.78 is 23.1. The van der Waals surface area contributed by atoms with Crippen molar-refractivity contribution in [3.05, 3.63) is 84.1 Å². The molecule has 0 saturated heterocycles. The molecule has 202 valence electrons. The molecule has 2 heterocycles. The highest BCUT2D eigenvalue weighted by Gasteiger charge is 2.18. The van der Waals surface area contributed by atoms with Crippen molar-refractivity contribution >= 4 is 21.3 Å². The largest absolute Gasteiger partial charge is 0.380 e. The van der Waals surface area contributed by atoms with Gasteiger partial charge in [-0.1, -0.05) is 82.6 Å². The first kappa shape index (κ1) is 29.3. The Balaban J connectivity index is 0. The summed E-state index contributed by atoms with van der Waals surface area (Å²) in [7, 11) is -3.14. The molecule has 2 aromatic carbocycles. The van der Waals surface area contributed by atoms with Crippen LogP contribution in [-0.2, 0) is 16.3 Å². The van der Waals surface area contributed by atoms with Crippen LogP contribution >= 0.6 is 0 Å². The van der Waals surface area contributed by atoms with Crippen LogP contribution in [0.2, 0.25) is 0 Å². The standard InChI is InChI=1S/C21H30N4O2S.C6H6.C2H6.3H2/c1-4-5-16-10-20-21(24-12-16)25-18(14-23-20)13-22-11-15(2)17-6-8-19(9-7-17)28(3,26)27;1-2-4-6-5-3-1;1-2;;;/h6-10,12,15,18,22-23H,4-5,11,13-14H2,1-3H3,(H,24,25);1-6H;1-2H3;3*1H/t15-,18+;;;;;/m1...../s1. The summed E-state index contributed by atoms with van der Waals surface area (Å²) in [5.74, 6) is 1.22. The van der Waals surface area contributed by atoms with Crippen molar-refractivity contribution in [1.29, 1.82) is 0 Å². The lowest BCUT2D eigenvalue weighted by molar-refractivity contribution is 0.571. The number of nitrogens with zero attached hydrogens (tertiary/aromatic N) is 1. The minimum Gasteiger partial charge on any atom is -0.380 e. The highest BCUT2D eigenvalue weighted by molar-refractivity contribution is 7.90. The molecule has 7 heteroatoms. The van der Waals surface area contributed by atoms with Crippen LogP contribution in [-0.4, -0.2) is 45.3 Å². The van der Waals surface area contributed by atoms with Crippen molar-refractivity contribution in [3.63, 3.8) is 0 Å². The zero-order valence-electron chi connectivity index (χ0n) is 22.3. The fraction of sp³-hybridized carbons (Fsp3) is 0.414. The van der Waals surface area contributed by atoms with Gasteiger partial charge in [0.25, 0.3) is 0 Å². The molecule has 0 aliphatic carbocycles. The first-order valence-corrected chi connectivity index (χ1v) is 14.8. The lowest BCUT2D eigenvalue weighted by Crippen LogP contribution is -2.42. The molecule has 0 unspecified atom stereocenters. The molecule has 0 saturated carbocycles. The number of benzene rings is 2. The van der Waals surface area contributed by atoms with E-state index in [1.807, 2.05) is 68.6 Å². The van der Waals surface area contributed by atoms with Crippen LogP contribution in [0.4, 0.5) is 11.5 Å². The molecular weight excluding hydrogens is 468 g/mol. The van der Waals surface area contributed by atoms with Crippen molar-refractivity contribution in [2.24, 2.45) is 0 Å². The topological polar surface area (TPSA) is 83.1 Å². The molecule has 0 amide bonds. The Morgan fingerprint density at radius 2 is 1.69 bits per heavy atom. The third kappa shape index (κ3) is 9.63. The molecule has 3 aromatic rings. The lowest BCUT2D eigenvalue weighted by Gasteiger charge is -2.28. The fourth-order valence-electron chi connectivity index (χ4n) is 3.80. The second kappa shape index (κ2) is 15.3. The number of sulfone groups is 1. The number of aromatic nitrogens is 1. The van der Waals surface area contributed by atoms with E-state index in [1.165, 1.54) is 11.8 Å². The summed E-state index contributed by atoms with van der Waals surface area (Å²) in [6.07, 6.45) is 5.36. The first-order chi connectivity index (χ1) is 17.4. The van der Waals surface area contributed by atoms with E-state index in [0.717, 1.165) is 49.5 Å². The molecule has 4 rings (SSSR count). The minimum absolute atomic E-state index is 0. The maximum atomic E-state index is 11.6. The molecule has 0 bridgehead atoms.